The molecule has 0 bridgehead atoms. The van der Waals surface area contributed by atoms with Crippen molar-refractivity contribution in [1.29, 1.82) is 0 Å². The van der Waals surface area contributed by atoms with E-state index < -0.39 is 5.60 Å². The summed E-state index contributed by atoms with van der Waals surface area (Å²) in [6.07, 6.45) is 0. The lowest BCUT2D eigenvalue weighted by molar-refractivity contribution is 0.105. The van der Waals surface area contributed by atoms with E-state index in [1.54, 1.807) is 0 Å². The molecule has 0 aliphatic carbocycles. The molecule has 0 aromatic heterocycles. The molecule has 0 N–H and O–H groups in total. The van der Waals surface area contributed by atoms with Crippen LogP contribution in [0.3, 0.4) is 0 Å². The molecule has 22 heavy (non-hydrogen) atoms. The third-order valence-corrected chi connectivity index (χ3v) is 4.29. The standard InChI is InChI=1S/C17H14O5/c1-17(2)11-5-15-13(18-7-20-15)3-9(11)10-4-14-16(21-8-19-14)6-12(10)22-17/h3-6H,7-8H2,1-2H3. The van der Waals surface area contributed by atoms with Crippen molar-refractivity contribution in [3.8, 4) is 39.9 Å². The third kappa shape index (κ3) is 1.48. The maximum absolute atomic E-state index is 6.20. The van der Waals surface area contributed by atoms with E-state index in [2.05, 4.69) is 0 Å². The summed E-state index contributed by atoms with van der Waals surface area (Å²) < 4.78 is 28.2. The molecule has 3 aliphatic heterocycles. The minimum Gasteiger partial charge on any atom is -0.482 e. The summed E-state index contributed by atoms with van der Waals surface area (Å²) in [5.74, 6) is 3.78. The molecule has 0 atom stereocenters. The van der Waals surface area contributed by atoms with Gasteiger partial charge < -0.3 is 23.7 Å². The first kappa shape index (κ1) is 12.0. The Morgan fingerprint density at radius 1 is 0.682 bits per heavy atom. The van der Waals surface area contributed by atoms with E-state index in [0.717, 1.165) is 45.4 Å². The van der Waals surface area contributed by atoms with E-state index in [1.807, 2.05) is 38.1 Å². The van der Waals surface area contributed by atoms with Crippen LogP contribution >= 0.6 is 0 Å². The van der Waals surface area contributed by atoms with Crippen LogP contribution in [-0.2, 0) is 5.60 Å². The zero-order chi connectivity index (χ0) is 14.9. The lowest BCUT2D eigenvalue weighted by atomic mass is 9.85. The maximum atomic E-state index is 6.20. The Balaban J connectivity index is 1.80. The van der Waals surface area contributed by atoms with Gasteiger partial charge in [-0.05, 0) is 37.6 Å². The largest absolute Gasteiger partial charge is 0.482 e. The van der Waals surface area contributed by atoms with Crippen LogP contribution in [0.1, 0.15) is 19.4 Å². The molecule has 0 amide bonds. The highest BCUT2D eigenvalue weighted by atomic mass is 16.7. The molecule has 0 saturated heterocycles. The topological polar surface area (TPSA) is 46.2 Å². The van der Waals surface area contributed by atoms with Gasteiger partial charge in [0.25, 0.3) is 0 Å². The van der Waals surface area contributed by atoms with Gasteiger partial charge in [-0.15, -0.1) is 0 Å². The van der Waals surface area contributed by atoms with Crippen molar-refractivity contribution >= 4 is 0 Å². The van der Waals surface area contributed by atoms with Crippen molar-refractivity contribution in [2.75, 3.05) is 13.6 Å². The van der Waals surface area contributed by atoms with Crippen LogP contribution in [0.5, 0.6) is 28.7 Å². The summed E-state index contributed by atoms with van der Waals surface area (Å²) in [5, 5.41) is 0. The van der Waals surface area contributed by atoms with E-state index in [1.165, 1.54) is 0 Å². The zero-order valence-electron chi connectivity index (χ0n) is 12.3. The van der Waals surface area contributed by atoms with Crippen molar-refractivity contribution in [3.63, 3.8) is 0 Å². The molecule has 0 fully saturated rings. The van der Waals surface area contributed by atoms with Gasteiger partial charge in [-0.25, -0.2) is 0 Å². The van der Waals surface area contributed by atoms with E-state index in [9.17, 15) is 0 Å². The Bertz CT molecular complexity index is 809. The highest BCUT2D eigenvalue weighted by Gasteiger charge is 2.36. The van der Waals surface area contributed by atoms with Crippen LogP contribution in [0.15, 0.2) is 24.3 Å². The van der Waals surface area contributed by atoms with Crippen molar-refractivity contribution < 1.29 is 23.7 Å². The number of hydrogen-bond donors (Lipinski definition) is 0. The van der Waals surface area contributed by atoms with Gasteiger partial charge >= 0.3 is 0 Å². The van der Waals surface area contributed by atoms with Gasteiger partial charge in [0.15, 0.2) is 23.0 Å². The molecule has 0 radical (unpaired) electrons. The second-order valence-electron chi connectivity index (χ2n) is 6.07. The first-order valence-electron chi connectivity index (χ1n) is 7.19. The minimum absolute atomic E-state index is 0.246. The Kier molecular flexibility index (Phi) is 2.08. The van der Waals surface area contributed by atoms with Gasteiger partial charge in [-0.2, -0.15) is 0 Å². The Labute approximate surface area is 127 Å². The van der Waals surface area contributed by atoms with Gasteiger partial charge in [-0.1, -0.05) is 0 Å². The van der Waals surface area contributed by atoms with Crippen molar-refractivity contribution in [3.05, 3.63) is 29.8 Å². The number of fused-ring (bicyclic) bond motifs is 5. The molecule has 2 aromatic carbocycles. The average Bonchev–Trinajstić information content (AvgIpc) is 3.11. The quantitative estimate of drug-likeness (QED) is 0.745. The lowest BCUT2D eigenvalue weighted by Crippen LogP contribution is -2.29. The summed E-state index contributed by atoms with van der Waals surface area (Å²) in [6, 6.07) is 7.88. The molecule has 0 unspecified atom stereocenters. The molecule has 5 rings (SSSR count). The maximum Gasteiger partial charge on any atom is 0.231 e. The van der Waals surface area contributed by atoms with E-state index in [0.29, 0.717) is 0 Å². The number of rotatable bonds is 0. The lowest BCUT2D eigenvalue weighted by Gasteiger charge is -2.35. The molecular weight excluding hydrogens is 284 g/mol. The Morgan fingerprint density at radius 2 is 1.23 bits per heavy atom. The monoisotopic (exact) mass is 298 g/mol. The normalized spacial score (nSPS) is 18.5. The van der Waals surface area contributed by atoms with Crippen molar-refractivity contribution in [2.45, 2.75) is 19.4 Å². The first-order chi connectivity index (χ1) is 10.6. The van der Waals surface area contributed by atoms with Gasteiger partial charge in [0, 0.05) is 17.2 Å². The number of ether oxygens (including phenoxy) is 5. The fraction of sp³-hybridized carbons (Fsp3) is 0.294. The number of benzene rings is 2. The highest BCUT2D eigenvalue weighted by molar-refractivity contribution is 5.81. The van der Waals surface area contributed by atoms with Gasteiger partial charge in [0.1, 0.15) is 11.4 Å². The molecule has 0 saturated carbocycles. The van der Waals surface area contributed by atoms with Gasteiger partial charge in [-0.3, -0.25) is 0 Å². The summed E-state index contributed by atoms with van der Waals surface area (Å²) in [6.45, 7) is 4.59. The van der Waals surface area contributed by atoms with Crippen LogP contribution in [0.4, 0.5) is 0 Å². The van der Waals surface area contributed by atoms with Crippen molar-refractivity contribution in [1.82, 2.24) is 0 Å². The first-order valence-corrected chi connectivity index (χ1v) is 7.19. The van der Waals surface area contributed by atoms with Crippen LogP contribution in [-0.4, -0.2) is 13.6 Å². The van der Waals surface area contributed by atoms with Crippen molar-refractivity contribution in [2.24, 2.45) is 0 Å². The van der Waals surface area contributed by atoms with Crippen LogP contribution < -0.4 is 23.7 Å². The predicted octanol–water partition coefficient (Wildman–Crippen LogP) is 3.44. The summed E-state index contributed by atoms with van der Waals surface area (Å²) in [5.41, 5.74) is 2.67. The summed E-state index contributed by atoms with van der Waals surface area (Å²) in [4.78, 5) is 0. The Hall–Kier alpha value is -2.56. The second kappa shape index (κ2) is 3.80. The number of hydrogen-bond acceptors (Lipinski definition) is 5. The van der Waals surface area contributed by atoms with E-state index >= 15 is 0 Å². The molecule has 3 heterocycles. The second-order valence-corrected chi connectivity index (χ2v) is 6.07. The predicted molar refractivity (Wildman–Crippen MR) is 77.8 cm³/mol. The third-order valence-electron chi connectivity index (χ3n) is 4.29. The van der Waals surface area contributed by atoms with Crippen LogP contribution in [0.2, 0.25) is 0 Å². The molecule has 5 nitrogen and oxygen atoms in total. The summed E-state index contributed by atoms with van der Waals surface area (Å²) >= 11 is 0. The van der Waals surface area contributed by atoms with Gasteiger partial charge in [0.2, 0.25) is 13.6 Å². The molecule has 112 valence electrons. The molecular formula is C17H14O5. The summed E-state index contributed by atoms with van der Waals surface area (Å²) in [7, 11) is 0. The highest BCUT2D eigenvalue weighted by Crippen LogP contribution is 2.52. The Morgan fingerprint density at radius 3 is 1.91 bits per heavy atom. The molecule has 3 aliphatic rings. The molecule has 2 aromatic rings. The molecule has 5 heteroatoms. The molecule has 0 spiro atoms. The minimum atomic E-state index is -0.461. The zero-order valence-corrected chi connectivity index (χ0v) is 12.3. The fourth-order valence-electron chi connectivity index (χ4n) is 3.21. The van der Waals surface area contributed by atoms with E-state index in [-0.39, 0.29) is 13.6 Å². The fourth-order valence-corrected chi connectivity index (χ4v) is 3.21. The van der Waals surface area contributed by atoms with E-state index in [4.69, 9.17) is 23.7 Å². The van der Waals surface area contributed by atoms with Gasteiger partial charge in [0.05, 0.1) is 0 Å². The average molecular weight is 298 g/mol. The van der Waals surface area contributed by atoms with Crippen LogP contribution in [0.25, 0.3) is 11.1 Å². The SMILES string of the molecule is CC1(C)Oc2cc3c(cc2-c2cc4c(cc21)OCO4)OCO3. The van der Waals surface area contributed by atoms with Crippen LogP contribution in [0, 0.1) is 0 Å². The smallest absolute Gasteiger partial charge is 0.231 e.